The zero-order valence-electron chi connectivity index (χ0n) is 21.8. The largest absolute Gasteiger partial charge is 0.335 e. The van der Waals surface area contributed by atoms with Gasteiger partial charge in [-0.2, -0.15) is 0 Å². The first-order valence-electron chi connectivity index (χ1n) is 14.2. The van der Waals surface area contributed by atoms with Gasteiger partial charge in [-0.3, -0.25) is 4.90 Å². The summed E-state index contributed by atoms with van der Waals surface area (Å²) >= 11 is 5.91. The van der Waals surface area contributed by atoms with Crippen LogP contribution in [0.25, 0.3) is 10.1 Å². The maximum atomic E-state index is 2.60. The van der Waals surface area contributed by atoms with Gasteiger partial charge in [-0.1, -0.05) is 47.8 Å². The normalized spacial score (nSPS) is 27.9. The van der Waals surface area contributed by atoms with Gasteiger partial charge < -0.3 is 4.90 Å². The van der Waals surface area contributed by atoms with Crippen LogP contribution in [0.4, 0.5) is 11.4 Å². The molecule has 3 aliphatic heterocycles. The number of fused-ring (bicyclic) bond motifs is 4. The molecule has 1 N–H and O–H groups in total. The van der Waals surface area contributed by atoms with Gasteiger partial charge in [0.2, 0.25) is 0 Å². The van der Waals surface area contributed by atoms with Gasteiger partial charge in [-0.05, 0) is 115 Å². The molecule has 0 spiro atoms. The van der Waals surface area contributed by atoms with E-state index in [0.29, 0.717) is 5.37 Å². The van der Waals surface area contributed by atoms with Gasteiger partial charge in [-0.25, -0.2) is 0 Å². The van der Waals surface area contributed by atoms with Crippen molar-refractivity contribution in [1.82, 2.24) is 0 Å². The van der Waals surface area contributed by atoms with Crippen LogP contribution in [0, 0.1) is 5.92 Å². The van der Waals surface area contributed by atoms with Crippen molar-refractivity contribution in [1.29, 1.82) is 0 Å². The van der Waals surface area contributed by atoms with Crippen molar-refractivity contribution in [3.8, 4) is 0 Å². The summed E-state index contributed by atoms with van der Waals surface area (Å²) in [6.07, 6.45) is 17.7. The fourth-order valence-electron chi connectivity index (χ4n) is 7.12. The van der Waals surface area contributed by atoms with Crippen molar-refractivity contribution >= 4 is 56.3 Å². The highest BCUT2D eigenvalue weighted by molar-refractivity contribution is 8.03. The van der Waals surface area contributed by atoms with Crippen molar-refractivity contribution < 1.29 is 4.90 Å². The lowest BCUT2D eigenvalue weighted by molar-refractivity contribution is -0.831. The number of allylic oxidation sites excluding steroid dienone is 6. The molecule has 8 rings (SSSR count). The van der Waals surface area contributed by atoms with Crippen molar-refractivity contribution in [3.63, 3.8) is 0 Å². The molecule has 38 heavy (non-hydrogen) atoms. The number of quaternary nitrogens is 1. The van der Waals surface area contributed by atoms with Crippen molar-refractivity contribution in [3.05, 3.63) is 93.4 Å². The number of benzene rings is 2. The highest BCUT2D eigenvalue weighted by Gasteiger charge is 2.36. The number of thiophene rings is 1. The fraction of sp³-hybridized carbons (Fsp3) is 0.333. The van der Waals surface area contributed by atoms with Crippen LogP contribution in [0.15, 0.2) is 97.6 Å². The third-order valence-corrected chi connectivity index (χ3v) is 12.2. The van der Waals surface area contributed by atoms with E-state index in [0.717, 1.165) is 19.0 Å². The molecule has 5 heteroatoms. The molecular weight excluding hydrogens is 521 g/mol. The number of nitrogens with one attached hydrogen (secondary N) is 1. The summed E-state index contributed by atoms with van der Waals surface area (Å²) in [5.74, 6) is 0.734. The second kappa shape index (κ2) is 9.48. The first kappa shape index (κ1) is 23.7. The fourth-order valence-corrected chi connectivity index (χ4v) is 10.6. The van der Waals surface area contributed by atoms with Gasteiger partial charge in [0.1, 0.15) is 0 Å². The quantitative estimate of drug-likeness (QED) is 0.349. The lowest BCUT2D eigenvalue weighted by Crippen LogP contribution is -3.08. The Morgan fingerprint density at radius 1 is 1.03 bits per heavy atom. The molecule has 0 saturated carbocycles. The van der Waals surface area contributed by atoms with Crippen LogP contribution in [0.2, 0.25) is 0 Å². The minimum Gasteiger partial charge on any atom is -0.335 e. The molecule has 5 aliphatic rings. The first-order valence-corrected chi connectivity index (χ1v) is 16.8. The van der Waals surface area contributed by atoms with E-state index in [2.05, 4.69) is 89.7 Å². The van der Waals surface area contributed by atoms with Gasteiger partial charge in [0, 0.05) is 16.1 Å². The third kappa shape index (κ3) is 3.89. The minimum absolute atomic E-state index is 0.472. The highest BCUT2D eigenvalue weighted by Crippen LogP contribution is 2.51. The van der Waals surface area contributed by atoms with Gasteiger partial charge >= 0.3 is 0 Å². The summed E-state index contributed by atoms with van der Waals surface area (Å²) in [4.78, 5) is 7.12. The summed E-state index contributed by atoms with van der Waals surface area (Å²) in [6, 6.07) is 13.9. The Balaban J connectivity index is 1.08. The number of likely N-dealkylation sites (N-methyl/N-ethyl adjacent to an activating group) is 1. The van der Waals surface area contributed by atoms with Gasteiger partial charge in [0.05, 0.1) is 27.5 Å². The number of anilines is 1. The van der Waals surface area contributed by atoms with Gasteiger partial charge in [0.25, 0.3) is 0 Å². The molecule has 0 saturated heterocycles. The number of rotatable bonds is 3. The number of para-hydroxylation sites is 1. The van der Waals surface area contributed by atoms with E-state index in [1.165, 1.54) is 85.9 Å². The maximum Gasteiger partial charge on any atom is 0.163 e. The van der Waals surface area contributed by atoms with Crippen LogP contribution in [-0.4, -0.2) is 18.5 Å². The van der Waals surface area contributed by atoms with Crippen LogP contribution >= 0.6 is 34.9 Å². The molecule has 2 nitrogen and oxygen atoms in total. The van der Waals surface area contributed by atoms with E-state index >= 15 is 0 Å². The van der Waals surface area contributed by atoms with Crippen LogP contribution in [0.1, 0.15) is 44.6 Å². The predicted molar refractivity (Wildman–Crippen MR) is 165 cm³/mol. The number of thioether (sulfide) groups is 2. The Bertz CT molecular complexity index is 1570. The topological polar surface area (TPSA) is 7.68 Å². The van der Waals surface area contributed by atoms with Crippen LogP contribution in [-0.2, 0) is 6.42 Å². The summed E-state index contributed by atoms with van der Waals surface area (Å²) < 4.78 is 1.42. The molecule has 0 radical (unpaired) electrons. The molecule has 2 aromatic carbocycles. The predicted octanol–water partition coefficient (Wildman–Crippen LogP) is 8.25. The van der Waals surface area contributed by atoms with E-state index in [4.69, 9.17) is 0 Å². The zero-order chi connectivity index (χ0) is 25.2. The van der Waals surface area contributed by atoms with Crippen LogP contribution < -0.4 is 9.80 Å². The SMILES string of the molecule is CC[NH+]1c2c(ccc3sccc23)SC1/C=C1/C=C2C=C(/C=C3\Sc4cccc5c4N3CCC5)CCC2CC1. The Morgan fingerprint density at radius 3 is 2.92 bits per heavy atom. The number of hydrogen-bond donors (Lipinski definition) is 1. The molecular formula is C33H33N2S3+. The lowest BCUT2D eigenvalue weighted by atomic mass is 9.77. The van der Waals surface area contributed by atoms with E-state index in [-0.39, 0.29) is 0 Å². The van der Waals surface area contributed by atoms with E-state index in [9.17, 15) is 0 Å². The van der Waals surface area contributed by atoms with Gasteiger partial charge in [-0.15, -0.1) is 11.3 Å². The molecule has 0 bridgehead atoms. The number of nitrogens with zero attached hydrogens (tertiary/aromatic N) is 1. The summed E-state index contributed by atoms with van der Waals surface area (Å²) in [6.45, 7) is 4.62. The van der Waals surface area contributed by atoms with Crippen molar-refractivity contribution in [2.24, 2.45) is 5.92 Å². The van der Waals surface area contributed by atoms with Crippen LogP contribution in [0.5, 0.6) is 0 Å². The first-order chi connectivity index (χ1) is 18.7. The van der Waals surface area contributed by atoms with Gasteiger partial charge in [0.15, 0.2) is 11.1 Å². The monoisotopic (exact) mass is 553 g/mol. The van der Waals surface area contributed by atoms with Crippen molar-refractivity contribution in [2.45, 2.75) is 60.6 Å². The molecule has 1 aromatic heterocycles. The highest BCUT2D eigenvalue weighted by atomic mass is 32.2. The molecule has 0 fully saturated rings. The molecule has 3 atom stereocenters. The summed E-state index contributed by atoms with van der Waals surface area (Å²) in [5, 5.41) is 5.61. The number of hydrogen-bond acceptors (Lipinski definition) is 4. The second-order valence-corrected chi connectivity index (χ2v) is 14.4. The third-order valence-electron chi connectivity index (χ3n) is 8.97. The Morgan fingerprint density at radius 2 is 1.97 bits per heavy atom. The van der Waals surface area contributed by atoms with E-state index in [1.807, 2.05) is 23.1 Å². The maximum absolute atomic E-state index is 2.60. The molecule has 4 heterocycles. The number of aryl methyl sites for hydroxylation is 1. The minimum atomic E-state index is 0.472. The second-order valence-electron chi connectivity index (χ2n) is 11.2. The molecule has 3 aromatic rings. The average molecular weight is 554 g/mol. The molecule has 3 unspecified atom stereocenters. The van der Waals surface area contributed by atoms with E-state index in [1.54, 1.807) is 16.0 Å². The summed E-state index contributed by atoms with van der Waals surface area (Å²) in [7, 11) is 0. The average Bonchev–Trinajstić information content (AvgIpc) is 3.65. The zero-order valence-corrected chi connectivity index (χ0v) is 24.3. The Labute approximate surface area is 238 Å². The Kier molecular flexibility index (Phi) is 5.91. The van der Waals surface area contributed by atoms with Crippen LogP contribution in [0.3, 0.4) is 0 Å². The molecule has 192 valence electrons. The standard InChI is InChI=1S/C33H32N2S3/c1-2-34-30(38-29-13-12-27-26(33(29)34)14-16-36-27)19-21-8-10-23-11-9-22(18-25(23)17-21)20-31-35-15-4-6-24-5-3-7-28(37-31)32(24)35/h3,5,7,12-14,16-20,23,30H,2,4,6,8-11,15H2,1H3/p+1/b21-19+,31-20-. The van der Waals surface area contributed by atoms with E-state index < -0.39 is 0 Å². The smallest absolute Gasteiger partial charge is 0.163 e. The molecule has 2 aliphatic carbocycles. The van der Waals surface area contributed by atoms with Crippen molar-refractivity contribution in [2.75, 3.05) is 18.0 Å². The molecule has 0 amide bonds. The Hall–Kier alpha value is -2.18. The lowest BCUT2D eigenvalue weighted by Gasteiger charge is -2.30. The summed E-state index contributed by atoms with van der Waals surface area (Å²) in [5.41, 5.74) is 9.18.